The predicted octanol–water partition coefficient (Wildman–Crippen LogP) is 0.762. The summed E-state index contributed by atoms with van der Waals surface area (Å²) in [6, 6.07) is 0.601. The number of rotatable bonds is 9. The molecule has 0 aromatic carbocycles. The quantitative estimate of drug-likeness (QED) is 0.520. The van der Waals surface area contributed by atoms with Crippen molar-refractivity contribution in [3.05, 3.63) is 0 Å². The molecule has 0 aromatic heterocycles. The molecule has 0 bridgehead atoms. The van der Waals surface area contributed by atoms with Crippen LogP contribution in [0.25, 0.3) is 0 Å². The summed E-state index contributed by atoms with van der Waals surface area (Å²) in [5.74, 6) is 1.14. The molecule has 4 heteroatoms. The molecule has 1 unspecified atom stereocenters. The molecular formula is C13H25N3O. The van der Waals surface area contributed by atoms with Crippen molar-refractivity contribution in [1.29, 1.82) is 0 Å². The Labute approximate surface area is 104 Å². The molecule has 0 spiro atoms. The first-order chi connectivity index (χ1) is 8.28. The first kappa shape index (κ1) is 12.8. The van der Waals surface area contributed by atoms with E-state index in [-0.39, 0.29) is 11.9 Å². The Morgan fingerprint density at radius 3 is 2.65 bits per heavy atom. The number of carbonyl (C=O) groups excluding carboxylic acids is 1. The number of carbonyl (C=O) groups is 1. The molecule has 0 saturated heterocycles. The van der Waals surface area contributed by atoms with E-state index in [9.17, 15) is 4.79 Å². The van der Waals surface area contributed by atoms with E-state index >= 15 is 0 Å². The Morgan fingerprint density at radius 1 is 1.29 bits per heavy atom. The minimum Gasteiger partial charge on any atom is -0.353 e. The van der Waals surface area contributed by atoms with Gasteiger partial charge < -0.3 is 16.4 Å². The van der Waals surface area contributed by atoms with Gasteiger partial charge in [-0.05, 0) is 38.1 Å². The van der Waals surface area contributed by atoms with Gasteiger partial charge in [-0.3, -0.25) is 4.79 Å². The smallest absolute Gasteiger partial charge is 0.221 e. The lowest BCUT2D eigenvalue weighted by molar-refractivity contribution is -0.121. The summed E-state index contributed by atoms with van der Waals surface area (Å²) in [4.78, 5) is 11.6. The minimum absolute atomic E-state index is 0.146. The molecule has 0 aliphatic heterocycles. The Morgan fingerprint density at radius 2 is 2.06 bits per heavy atom. The molecule has 0 radical (unpaired) electrons. The van der Waals surface area contributed by atoms with Gasteiger partial charge in [0.1, 0.15) is 0 Å². The summed E-state index contributed by atoms with van der Waals surface area (Å²) in [5.41, 5.74) is 5.68. The molecule has 0 heterocycles. The number of amides is 1. The van der Waals surface area contributed by atoms with E-state index in [1.54, 1.807) is 0 Å². The van der Waals surface area contributed by atoms with E-state index in [1.807, 2.05) is 0 Å². The fraction of sp³-hybridized carbons (Fsp3) is 0.923. The maximum atomic E-state index is 11.6. The summed E-state index contributed by atoms with van der Waals surface area (Å²) in [5, 5.41) is 6.39. The van der Waals surface area contributed by atoms with Gasteiger partial charge in [0.05, 0.1) is 0 Å². The monoisotopic (exact) mass is 239 g/mol. The summed E-state index contributed by atoms with van der Waals surface area (Å²) >= 11 is 0. The van der Waals surface area contributed by atoms with Gasteiger partial charge in [0.15, 0.2) is 0 Å². The number of nitrogens with two attached hydrogens (primary N) is 1. The third-order valence-corrected chi connectivity index (χ3v) is 3.58. The number of hydrogen-bond donors (Lipinski definition) is 3. The van der Waals surface area contributed by atoms with Crippen LogP contribution in [0, 0.1) is 5.92 Å². The van der Waals surface area contributed by atoms with Crippen LogP contribution in [-0.4, -0.2) is 31.1 Å². The molecule has 4 nitrogen and oxygen atoms in total. The summed E-state index contributed by atoms with van der Waals surface area (Å²) in [7, 11) is 0. The Bertz CT molecular complexity index is 249. The van der Waals surface area contributed by atoms with Crippen molar-refractivity contribution in [1.82, 2.24) is 10.6 Å². The van der Waals surface area contributed by atoms with E-state index in [1.165, 1.54) is 25.7 Å². The van der Waals surface area contributed by atoms with Gasteiger partial charge in [0.2, 0.25) is 5.91 Å². The molecule has 98 valence electrons. The summed E-state index contributed by atoms with van der Waals surface area (Å²) in [6.07, 6.45) is 8.20. The molecule has 0 aromatic rings. The average Bonchev–Trinajstić information content (AvgIpc) is 3.16. The van der Waals surface area contributed by atoms with Crippen molar-refractivity contribution >= 4 is 5.91 Å². The van der Waals surface area contributed by atoms with E-state index in [0.717, 1.165) is 25.3 Å². The van der Waals surface area contributed by atoms with Crippen molar-refractivity contribution in [2.75, 3.05) is 13.1 Å². The topological polar surface area (TPSA) is 67.2 Å². The highest BCUT2D eigenvalue weighted by atomic mass is 16.1. The van der Waals surface area contributed by atoms with Crippen LogP contribution in [0.15, 0.2) is 0 Å². The van der Waals surface area contributed by atoms with Gasteiger partial charge in [0, 0.05) is 25.0 Å². The SMILES string of the molecule is NCC(CC(=O)NC1CC1)NCCCC1CC1. The maximum absolute atomic E-state index is 11.6. The second-order valence-electron chi connectivity index (χ2n) is 5.52. The minimum atomic E-state index is 0.146. The van der Waals surface area contributed by atoms with Crippen molar-refractivity contribution in [2.24, 2.45) is 11.7 Å². The van der Waals surface area contributed by atoms with Gasteiger partial charge in [-0.1, -0.05) is 12.8 Å². The van der Waals surface area contributed by atoms with E-state index in [4.69, 9.17) is 5.73 Å². The van der Waals surface area contributed by atoms with Gasteiger partial charge >= 0.3 is 0 Å². The normalized spacial score (nSPS) is 21.2. The summed E-state index contributed by atoms with van der Waals surface area (Å²) < 4.78 is 0. The molecule has 2 saturated carbocycles. The van der Waals surface area contributed by atoms with Gasteiger partial charge in [0.25, 0.3) is 0 Å². The fourth-order valence-corrected chi connectivity index (χ4v) is 2.08. The molecule has 17 heavy (non-hydrogen) atoms. The second-order valence-corrected chi connectivity index (χ2v) is 5.52. The summed E-state index contributed by atoms with van der Waals surface area (Å²) in [6.45, 7) is 1.54. The molecule has 1 atom stereocenters. The zero-order valence-electron chi connectivity index (χ0n) is 10.6. The first-order valence-electron chi connectivity index (χ1n) is 7.00. The highest BCUT2D eigenvalue weighted by molar-refractivity contribution is 5.77. The van der Waals surface area contributed by atoms with Crippen LogP contribution >= 0.6 is 0 Å². The van der Waals surface area contributed by atoms with E-state index in [2.05, 4.69) is 10.6 Å². The predicted molar refractivity (Wildman–Crippen MR) is 68.6 cm³/mol. The lowest BCUT2D eigenvalue weighted by Gasteiger charge is -2.16. The van der Waals surface area contributed by atoms with E-state index < -0.39 is 0 Å². The van der Waals surface area contributed by atoms with Crippen LogP contribution in [0.1, 0.15) is 44.9 Å². The molecule has 2 aliphatic carbocycles. The molecular weight excluding hydrogens is 214 g/mol. The average molecular weight is 239 g/mol. The highest BCUT2D eigenvalue weighted by Gasteiger charge is 2.24. The zero-order valence-corrected chi connectivity index (χ0v) is 10.6. The maximum Gasteiger partial charge on any atom is 0.221 e. The van der Waals surface area contributed by atoms with Crippen molar-refractivity contribution in [3.8, 4) is 0 Å². The Balaban J connectivity index is 1.52. The van der Waals surface area contributed by atoms with Crippen LogP contribution < -0.4 is 16.4 Å². The Kier molecular flexibility index (Phi) is 4.80. The lowest BCUT2D eigenvalue weighted by Crippen LogP contribution is -2.41. The molecule has 2 aliphatic rings. The highest BCUT2D eigenvalue weighted by Crippen LogP contribution is 2.33. The second kappa shape index (κ2) is 6.36. The largest absolute Gasteiger partial charge is 0.353 e. The van der Waals surface area contributed by atoms with Crippen LogP contribution in [-0.2, 0) is 4.79 Å². The van der Waals surface area contributed by atoms with E-state index in [0.29, 0.717) is 19.0 Å². The molecule has 2 rings (SSSR count). The first-order valence-corrected chi connectivity index (χ1v) is 7.00. The van der Waals surface area contributed by atoms with Crippen molar-refractivity contribution in [2.45, 2.75) is 57.0 Å². The van der Waals surface area contributed by atoms with Crippen molar-refractivity contribution in [3.63, 3.8) is 0 Å². The van der Waals surface area contributed by atoms with Gasteiger partial charge in [-0.2, -0.15) is 0 Å². The molecule has 2 fully saturated rings. The Hall–Kier alpha value is -0.610. The van der Waals surface area contributed by atoms with Crippen LogP contribution in [0.3, 0.4) is 0 Å². The molecule has 1 amide bonds. The lowest BCUT2D eigenvalue weighted by atomic mass is 10.1. The zero-order chi connectivity index (χ0) is 12.1. The third-order valence-electron chi connectivity index (χ3n) is 3.58. The van der Waals surface area contributed by atoms with Crippen LogP contribution in [0.5, 0.6) is 0 Å². The van der Waals surface area contributed by atoms with Gasteiger partial charge in [-0.25, -0.2) is 0 Å². The number of hydrogen-bond acceptors (Lipinski definition) is 3. The fourth-order valence-electron chi connectivity index (χ4n) is 2.08. The molecule has 4 N–H and O–H groups in total. The van der Waals surface area contributed by atoms with Gasteiger partial charge in [-0.15, -0.1) is 0 Å². The van der Waals surface area contributed by atoms with Crippen LogP contribution in [0.4, 0.5) is 0 Å². The third kappa shape index (κ3) is 5.50. The van der Waals surface area contributed by atoms with Crippen molar-refractivity contribution < 1.29 is 4.79 Å². The number of nitrogens with one attached hydrogen (secondary N) is 2. The standard InChI is InChI=1S/C13H25N3O/c14-9-12(8-13(17)16-11-5-6-11)15-7-1-2-10-3-4-10/h10-12,15H,1-9,14H2,(H,16,17). The van der Waals surface area contributed by atoms with Crippen LogP contribution in [0.2, 0.25) is 0 Å².